The monoisotopic (exact) mass is 569 g/mol. The highest BCUT2D eigenvalue weighted by Crippen LogP contribution is 2.30. The molecule has 1 unspecified atom stereocenters. The summed E-state index contributed by atoms with van der Waals surface area (Å²) >= 11 is 0. The van der Waals surface area contributed by atoms with E-state index in [9.17, 15) is 0 Å². The summed E-state index contributed by atoms with van der Waals surface area (Å²) in [7, 11) is 3.35. The lowest BCUT2D eigenvalue weighted by atomic mass is 10.2. The van der Waals surface area contributed by atoms with Gasteiger partial charge in [-0.05, 0) is 32.8 Å². The van der Waals surface area contributed by atoms with Gasteiger partial charge in [-0.1, -0.05) is 6.07 Å². The van der Waals surface area contributed by atoms with Crippen LogP contribution in [0, 0.1) is 0 Å². The van der Waals surface area contributed by atoms with Crippen LogP contribution in [0.25, 0.3) is 0 Å². The van der Waals surface area contributed by atoms with Crippen molar-refractivity contribution in [3.8, 4) is 17.4 Å². The zero-order chi connectivity index (χ0) is 22.9. The fourth-order valence-electron chi connectivity index (χ4n) is 3.59. The summed E-state index contributed by atoms with van der Waals surface area (Å²) in [6, 6.07) is 10.2. The summed E-state index contributed by atoms with van der Waals surface area (Å²) in [6.07, 6.45) is 2.95. The lowest BCUT2D eigenvalue weighted by Gasteiger charge is -2.21. The van der Waals surface area contributed by atoms with Gasteiger partial charge < -0.3 is 29.7 Å². The third-order valence-electron chi connectivity index (χ3n) is 5.15. The Morgan fingerprint density at radius 3 is 2.48 bits per heavy atom. The molecule has 1 aromatic carbocycles. The summed E-state index contributed by atoms with van der Waals surface area (Å²) in [5.74, 6) is 3.04. The van der Waals surface area contributed by atoms with Crippen molar-refractivity contribution in [1.29, 1.82) is 0 Å². The Hall–Kier alpha value is -2.43. The fourth-order valence-corrected chi connectivity index (χ4v) is 3.59. The zero-order valence-electron chi connectivity index (χ0n) is 20.1. The van der Waals surface area contributed by atoms with Crippen LogP contribution in [0.5, 0.6) is 17.4 Å². The molecule has 2 N–H and O–H groups in total. The number of aliphatic imine (C=N–C) groups is 1. The number of pyridine rings is 1. The third kappa shape index (κ3) is 8.13. The maximum Gasteiger partial charge on any atom is 0.213 e. The van der Waals surface area contributed by atoms with Gasteiger partial charge in [0.15, 0.2) is 5.96 Å². The van der Waals surface area contributed by atoms with Crippen molar-refractivity contribution < 1.29 is 14.2 Å². The van der Waals surface area contributed by atoms with E-state index < -0.39 is 0 Å². The fraction of sp³-hybridized carbons (Fsp3) is 0.500. The molecule has 2 aromatic rings. The van der Waals surface area contributed by atoms with E-state index in [1.807, 2.05) is 50.4 Å². The lowest BCUT2D eigenvalue weighted by molar-refractivity contribution is 0.232. The van der Waals surface area contributed by atoms with Gasteiger partial charge in [0.2, 0.25) is 5.88 Å². The maximum absolute atomic E-state index is 5.61. The molecule has 1 aliphatic rings. The molecule has 0 saturated carbocycles. The average Bonchev–Trinajstić information content (AvgIpc) is 3.26. The summed E-state index contributed by atoms with van der Waals surface area (Å²) in [4.78, 5) is 11.4. The van der Waals surface area contributed by atoms with Crippen molar-refractivity contribution in [3.05, 3.63) is 42.1 Å². The molecule has 182 valence electrons. The Bertz CT molecular complexity index is 870. The van der Waals surface area contributed by atoms with Gasteiger partial charge in [-0.15, -0.1) is 24.0 Å². The first-order valence-corrected chi connectivity index (χ1v) is 11.1. The summed E-state index contributed by atoms with van der Waals surface area (Å²) in [6.45, 7) is 9.23. The van der Waals surface area contributed by atoms with Crippen LogP contribution in [-0.4, -0.2) is 56.9 Å². The quantitative estimate of drug-likeness (QED) is 0.270. The molecule has 0 amide bonds. The molecule has 2 heterocycles. The molecule has 1 fully saturated rings. The van der Waals surface area contributed by atoms with Crippen molar-refractivity contribution in [2.75, 3.05) is 38.8 Å². The van der Waals surface area contributed by atoms with Crippen LogP contribution >= 0.6 is 24.0 Å². The number of benzene rings is 1. The zero-order valence-corrected chi connectivity index (χ0v) is 22.5. The van der Waals surface area contributed by atoms with E-state index in [0.717, 1.165) is 54.8 Å². The van der Waals surface area contributed by atoms with Gasteiger partial charge in [0.1, 0.15) is 11.5 Å². The van der Waals surface area contributed by atoms with Crippen LogP contribution in [0.2, 0.25) is 0 Å². The largest absolute Gasteiger partial charge is 0.497 e. The molecule has 1 aromatic heterocycles. The molecule has 33 heavy (non-hydrogen) atoms. The van der Waals surface area contributed by atoms with E-state index in [2.05, 4.69) is 27.4 Å². The van der Waals surface area contributed by atoms with Crippen LogP contribution in [0.3, 0.4) is 0 Å². The van der Waals surface area contributed by atoms with Crippen LogP contribution in [0.15, 0.2) is 41.5 Å². The van der Waals surface area contributed by atoms with Crippen LogP contribution in [0.1, 0.15) is 32.8 Å². The molecule has 0 radical (unpaired) electrons. The minimum Gasteiger partial charge on any atom is -0.497 e. The van der Waals surface area contributed by atoms with Crippen molar-refractivity contribution >= 4 is 35.6 Å². The Morgan fingerprint density at radius 2 is 1.91 bits per heavy atom. The normalized spacial score (nSPS) is 15.8. The minimum atomic E-state index is 0. The second-order valence-corrected chi connectivity index (χ2v) is 8.01. The first kappa shape index (κ1) is 26.8. The molecule has 1 atom stereocenters. The Morgan fingerprint density at radius 1 is 1.18 bits per heavy atom. The Balaban J connectivity index is 0.00000385. The predicted molar refractivity (Wildman–Crippen MR) is 144 cm³/mol. The highest BCUT2D eigenvalue weighted by Gasteiger charge is 2.24. The number of anilines is 1. The van der Waals surface area contributed by atoms with E-state index in [1.54, 1.807) is 14.2 Å². The number of hydrogen-bond donors (Lipinski definition) is 2. The number of guanidine groups is 1. The summed E-state index contributed by atoms with van der Waals surface area (Å²) in [5, 5.41) is 6.91. The van der Waals surface area contributed by atoms with E-state index in [1.165, 1.54) is 0 Å². The van der Waals surface area contributed by atoms with E-state index in [0.29, 0.717) is 18.5 Å². The lowest BCUT2D eigenvalue weighted by Crippen LogP contribution is -2.44. The minimum absolute atomic E-state index is 0. The van der Waals surface area contributed by atoms with Gasteiger partial charge in [0.05, 0.1) is 26.9 Å². The van der Waals surface area contributed by atoms with Crippen molar-refractivity contribution in [2.45, 2.75) is 45.9 Å². The number of nitrogens with zero attached hydrogens (tertiary/aromatic N) is 3. The number of rotatable bonds is 9. The van der Waals surface area contributed by atoms with Gasteiger partial charge in [-0.3, -0.25) is 0 Å². The molecule has 9 heteroatoms. The average molecular weight is 569 g/mol. The van der Waals surface area contributed by atoms with Gasteiger partial charge in [-0.25, -0.2) is 9.98 Å². The van der Waals surface area contributed by atoms with Crippen molar-refractivity contribution in [3.63, 3.8) is 0 Å². The summed E-state index contributed by atoms with van der Waals surface area (Å²) in [5.41, 5.74) is 2.14. The molecule has 1 saturated heterocycles. The maximum atomic E-state index is 5.61. The van der Waals surface area contributed by atoms with E-state index in [4.69, 9.17) is 19.2 Å². The van der Waals surface area contributed by atoms with Crippen LogP contribution in [-0.2, 0) is 6.54 Å². The summed E-state index contributed by atoms with van der Waals surface area (Å²) < 4.78 is 16.4. The predicted octanol–water partition coefficient (Wildman–Crippen LogP) is 3.84. The van der Waals surface area contributed by atoms with Gasteiger partial charge in [0, 0.05) is 61.8 Å². The number of ether oxygens (including phenoxy) is 3. The first-order valence-electron chi connectivity index (χ1n) is 11.1. The molecular formula is C24H36IN5O3. The van der Waals surface area contributed by atoms with Crippen molar-refractivity contribution in [2.24, 2.45) is 4.99 Å². The van der Waals surface area contributed by atoms with Gasteiger partial charge in [0.25, 0.3) is 0 Å². The Kier molecular flexibility index (Phi) is 10.8. The van der Waals surface area contributed by atoms with Crippen LogP contribution in [0.4, 0.5) is 5.69 Å². The smallest absolute Gasteiger partial charge is 0.213 e. The first-order chi connectivity index (χ1) is 15.5. The molecule has 0 bridgehead atoms. The van der Waals surface area contributed by atoms with Crippen LogP contribution < -0.4 is 29.7 Å². The second-order valence-electron chi connectivity index (χ2n) is 8.01. The number of nitrogens with one attached hydrogen (secondary N) is 2. The standard InChI is InChI=1S/C24H35N5O3.HI/c1-6-25-24(27-15-18-7-8-23(26-14-18)32-17(2)3)28-19-9-10-29(16-19)20-11-21(30-4)13-22(12-20)31-5;/h7-8,11-14,17,19H,6,9-10,15-16H2,1-5H3,(H2,25,27,28);1H. The SMILES string of the molecule is CCNC(=NCc1ccc(OC(C)C)nc1)NC1CCN(c2cc(OC)cc(OC)c2)C1.I. The van der Waals surface area contributed by atoms with Gasteiger partial charge in [-0.2, -0.15) is 0 Å². The van der Waals surface area contributed by atoms with E-state index in [-0.39, 0.29) is 30.1 Å². The number of methoxy groups -OCH3 is 2. The molecular weight excluding hydrogens is 533 g/mol. The molecule has 3 rings (SSSR count). The number of aromatic nitrogens is 1. The molecule has 0 aliphatic carbocycles. The van der Waals surface area contributed by atoms with Gasteiger partial charge >= 0.3 is 0 Å². The van der Waals surface area contributed by atoms with Crippen molar-refractivity contribution in [1.82, 2.24) is 15.6 Å². The molecule has 8 nitrogen and oxygen atoms in total. The second kappa shape index (κ2) is 13.3. The van der Waals surface area contributed by atoms with E-state index >= 15 is 0 Å². The molecule has 0 spiro atoms. The number of halogens is 1. The molecule has 1 aliphatic heterocycles. The third-order valence-corrected chi connectivity index (χ3v) is 5.15. The Labute approximate surface area is 214 Å². The highest BCUT2D eigenvalue weighted by atomic mass is 127. The highest BCUT2D eigenvalue weighted by molar-refractivity contribution is 14.0. The number of hydrogen-bond acceptors (Lipinski definition) is 6. The topological polar surface area (TPSA) is 80.2 Å².